The number of nitrogens with zero attached hydrogens (tertiary/aromatic N) is 4. The first kappa shape index (κ1) is 20.9. The van der Waals surface area contributed by atoms with E-state index in [-0.39, 0.29) is 0 Å². The van der Waals surface area contributed by atoms with E-state index in [9.17, 15) is 0 Å². The highest BCUT2D eigenvalue weighted by molar-refractivity contribution is 5.80. The van der Waals surface area contributed by atoms with Gasteiger partial charge < -0.3 is 25.2 Å². The predicted octanol–water partition coefficient (Wildman–Crippen LogP) is 1.70. The zero-order valence-corrected chi connectivity index (χ0v) is 17.7. The minimum atomic E-state index is 0.481. The number of guanidine groups is 1. The Hall–Kier alpha value is -1.86. The summed E-state index contributed by atoms with van der Waals surface area (Å²) < 4.78 is 5.51. The average Bonchev–Trinajstić information content (AvgIpc) is 3.21. The van der Waals surface area contributed by atoms with Crippen LogP contribution in [0.25, 0.3) is 0 Å². The van der Waals surface area contributed by atoms with E-state index in [0.29, 0.717) is 12.6 Å². The smallest absolute Gasteiger partial charge is 0.191 e. The van der Waals surface area contributed by atoms with Crippen molar-refractivity contribution in [2.24, 2.45) is 10.9 Å². The van der Waals surface area contributed by atoms with Gasteiger partial charge in [-0.3, -0.25) is 0 Å². The lowest BCUT2D eigenvalue weighted by molar-refractivity contribution is 0.150. The van der Waals surface area contributed by atoms with E-state index in [4.69, 9.17) is 9.73 Å². The van der Waals surface area contributed by atoms with Crippen molar-refractivity contribution in [3.63, 3.8) is 0 Å². The summed E-state index contributed by atoms with van der Waals surface area (Å²) in [6.07, 6.45) is 3.54. The van der Waals surface area contributed by atoms with Crippen LogP contribution in [0.4, 0.5) is 5.82 Å². The van der Waals surface area contributed by atoms with Crippen molar-refractivity contribution >= 4 is 11.8 Å². The third-order valence-electron chi connectivity index (χ3n) is 5.46. The van der Waals surface area contributed by atoms with Crippen molar-refractivity contribution in [3.05, 3.63) is 23.9 Å². The molecule has 28 heavy (non-hydrogen) atoms. The zero-order valence-electron chi connectivity index (χ0n) is 17.7. The summed E-state index contributed by atoms with van der Waals surface area (Å²) >= 11 is 0. The first-order valence-electron chi connectivity index (χ1n) is 10.6. The molecular formula is C21H36N6O. The number of anilines is 1. The van der Waals surface area contributed by atoms with Gasteiger partial charge in [0.15, 0.2) is 5.96 Å². The lowest BCUT2D eigenvalue weighted by Crippen LogP contribution is -2.49. The highest BCUT2D eigenvalue weighted by atomic mass is 16.5. The quantitative estimate of drug-likeness (QED) is 0.548. The number of ether oxygens (including phenoxy) is 1. The number of hydrogen-bond donors (Lipinski definition) is 2. The number of piperidine rings is 1. The monoisotopic (exact) mass is 388 g/mol. The van der Waals surface area contributed by atoms with Crippen LogP contribution in [0.1, 0.15) is 31.9 Å². The Labute approximate surface area is 169 Å². The molecule has 0 radical (unpaired) electrons. The summed E-state index contributed by atoms with van der Waals surface area (Å²) in [4.78, 5) is 14.0. The number of nitrogens with one attached hydrogen (secondary N) is 2. The third kappa shape index (κ3) is 6.34. The van der Waals surface area contributed by atoms with E-state index in [1.54, 1.807) is 0 Å². The summed E-state index contributed by atoms with van der Waals surface area (Å²) in [5, 5.41) is 7.01. The summed E-state index contributed by atoms with van der Waals surface area (Å²) in [6.45, 7) is 8.92. The Balaban J connectivity index is 1.49. The normalized spacial score (nSPS) is 21.7. The van der Waals surface area contributed by atoms with E-state index in [1.807, 2.05) is 37.2 Å². The maximum absolute atomic E-state index is 5.51. The molecule has 0 aliphatic carbocycles. The maximum Gasteiger partial charge on any atom is 0.191 e. The number of likely N-dealkylation sites (tertiary alicyclic amines) is 1. The topological polar surface area (TPSA) is 65.0 Å². The molecule has 0 spiro atoms. The molecular weight excluding hydrogens is 352 g/mol. The number of aromatic nitrogens is 1. The summed E-state index contributed by atoms with van der Waals surface area (Å²) in [6, 6.07) is 6.57. The van der Waals surface area contributed by atoms with Gasteiger partial charge in [-0.1, -0.05) is 6.07 Å². The van der Waals surface area contributed by atoms with Crippen LogP contribution in [0.5, 0.6) is 0 Å². The molecule has 0 aromatic carbocycles. The van der Waals surface area contributed by atoms with Crippen LogP contribution < -0.4 is 15.5 Å². The second-order valence-electron chi connectivity index (χ2n) is 8.03. The Morgan fingerprint density at radius 2 is 2.11 bits per heavy atom. The fourth-order valence-electron chi connectivity index (χ4n) is 3.83. The second kappa shape index (κ2) is 10.6. The van der Waals surface area contributed by atoms with Crippen molar-refractivity contribution in [1.82, 2.24) is 20.5 Å². The van der Waals surface area contributed by atoms with Gasteiger partial charge in [-0.05, 0) is 44.2 Å². The standard InChI is InChI=1S/C21H36N6O/c1-4-22-21(23-14-19-6-5-7-20(24-19)26(2)3)25-18-8-11-27(12-9-18)15-17-10-13-28-16-17/h5-7,17-18H,4,8-16H2,1-3H3,(H2,22,23,25). The summed E-state index contributed by atoms with van der Waals surface area (Å²) in [5.41, 5.74) is 0.983. The Morgan fingerprint density at radius 1 is 1.29 bits per heavy atom. The molecule has 156 valence electrons. The first-order valence-corrected chi connectivity index (χ1v) is 10.6. The van der Waals surface area contributed by atoms with E-state index < -0.39 is 0 Å². The van der Waals surface area contributed by atoms with Gasteiger partial charge in [0, 0.05) is 52.9 Å². The molecule has 1 aromatic rings. The van der Waals surface area contributed by atoms with Crippen LogP contribution in [-0.4, -0.2) is 75.4 Å². The third-order valence-corrected chi connectivity index (χ3v) is 5.46. The molecule has 2 aliphatic heterocycles. The molecule has 2 N–H and O–H groups in total. The highest BCUT2D eigenvalue weighted by Crippen LogP contribution is 2.17. The molecule has 7 heteroatoms. The first-order chi connectivity index (χ1) is 13.6. The molecule has 0 bridgehead atoms. The van der Waals surface area contributed by atoms with E-state index in [2.05, 4.69) is 27.4 Å². The van der Waals surface area contributed by atoms with Crippen molar-refractivity contribution in [2.75, 3.05) is 58.4 Å². The maximum atomic E-state index is 5.51. The van der Waals surface area contributed by atoms with Crippen LogP contribution in [-0.2, 0) is 11.3 Å². The van der Waals surface area contributed by atoms with E-state index in [1.165, 1.54) is 13.0 Å². The Morgan fingerprint density at radius 3 is 2.79 bits per heavy atom. The molecule has 1 unspecified atom stereocenters. The molecule has 2 saturated heterocycles. The van der Waals surface area contributed by atoms with Gasteiger partial charge in [-0.15, -0.1) is 0 Å². The second-order valence-corrected chi connectivity index (χ2v) is 8.03. The van der Waals surface area contributed by atoms with Crippen molar-refractivity contribution < 1.29 is 4.74 Å². The molecule has 7 nitrogen and oxygen atoms in total. The van der Waals surface area contributed by atoms with Crippen molar-refractivity contribution in [2.45, 2.75) is 38.8 Å². The number of hydrogen-bond acceptors (Lipinski definition) is 5. The molecule has 3 rings (SSSR count). The minimum absolute atomic E-state index is 0.481. The number of pyridine rings is 1. The van der Waals surface area contributed by atoms with E-state index in [0.717, 1.165) is 69.1 Å². The van der Waals surface area contributed by atoms with Crippen LogP contribution in [0.3, 0.4) is 0 Å². The molecule has 0 saturated carbocycles. The molecule has 3 heterocycles. The molecule has 2 aliphatic rings. The fourth-order valence-corrected chi connectivity index (χ4v) is 3.83. The SMILES string of the molecule is CCNC(=NCc1cccc(N(C)C)n1)NC1CCN(CC2CCOC2)CC1. The van der Waals surface area contributed by atoms with Gasteiger partial charge in [0.25, 0.3) is 0 Å². The van der Waals surface area contributed by atoms with Gasteiger partial charge in [0.2, 0.25) is 0 Å². The molecule has 0 amide bonds. The molecule has 1 aromatic heterocycles. The van der Waals surface area contributed by atoms with Crippen LogP contribution in [0.15, 0.2) is 23.2 Å². The summed E-state index contributed by atoms with van der Waals surface area (Å²) in [7, 11) is 4.01. The van der Waals surface area contributed by atoms with Crippen molar-refractivity contribution in [3.8, 4) is 0 Å². The van der Waals surface area contributed by atoms with E-state index >= 15 is 0 Å². The predicted molar refractivity (Wildman–Crippen MR) is 115 cm³/mol. The number of aliphatic imine (C=N–C) groups is 1. The molecule has 2 fully saturated rings. The van der Waals surface area contributed by atoms with Gasteiger partial charge in [0.05, 0.1) is 18.8 Å². The number of rotatable bonds is 7. The lowest BCUT2D eigenvalue weighted by Gasteiger charge is -2.34. The zero-order chi connectivity index (χ0) is 19.8. The van der Waals surface area contributed by atoms with Gasteiger partial charge in [0.1, 0.15) is 5.82 Å². The fraction of sp³-hybridized carbons (Fsp3) is 0.714. The van der Waals surface area contributed by atoms with Gasteiger partial charge in [-0.2, -0.15) is 0 Å². The molecule has 1 atom stereocenters. The average molecular weight is 389 g/mol. The van der Waals surface area contributed by atoms with Crippen LogP contribution in [0, 0.1) is 5.92 Å². The Bertz CT molecular complexity index is 621. The van der Waals surface area contributed by atoms with Gasteiger partial charge >= 0.3 is 0 Å². The van der Waals surface area contributed by atoms with Crippen LogP contribution >= 0.6 is 0 Å². The minimum Gasteiger partial charge on any atom is -0.381 e. The van der Waals surface area contributed by atoms with Crippen molar-refractivity contribution in [1.29, 1.82) is 0 Å². The highest BCUT2D eigenvalue weighted by Gasteiger charge is 2.24. The van der Waals surface area contributed by atoms with Crippen LogP contribution in [0.2, 0.25) is 0 Å². The van der Waals surface area contributed by atoms with Gasteiger partial charge in [-0.25, -0.2) is 9.98 Å². The lowest BCUT2D eigenvalue weighted by atomic mass is 10.0. The largest absolute Gasteiger partial charge is 0.381 e. The Kier molecular flexibility index (Phi) is 7.91. The summed E-state index contributed by atoms with van der Waals surface area (Å²) in [5.74, 6) is 2.58.